The fourth-order valence-corrected chi connectivity index (χ4v) is 1.10. The van der Waals surface area contributed by atoms with Crippen LogP contribution < -0.4 is 0 Å². The van der Waals surface area contributed by atoms with E-state index in [1.807, 2.05) is 4.68 Å². The predicted octanol–water partition coefficient (Wildman–Crippen LogP) is 1.00. The third-order valence-electron chi connectivity index (χ3n) is 1.94. The Morgan fingerprint density at radius 2 is 2.50 bits per heavy atom. The quantitative estimate of drug-likeness (QED) is 0.616. The van der Waals surface area contributed by atoms with E-state index in [0.717, 1.165) is 0 Å². The molecule has 4 nitrogen and oxygen atoms in total. The maximum atomic E-state index is 11.0. The minimum absolute atomic E-state index is 0.318. The third-order valence-corrected chi connectivity index (χ3v) is 1.94. The number of methoxy groups -OCH3 is 1. The van der Waals surface area contributed by atoms with E-state index in [2.05, 4.69) is 9.84 Å². The number of hydrogen-bond acceptors (Lipinski definition) is 3. The molecule has 1 aliphatic carbocycles. The van der Waals surface area contributed by atoms with Crippen LogP contribution in [0.25, 0.3) is 0 Å². The van der Waals surface area contributed by atoms with Crippen molar-refractivity contribution in [2.75, 3.05) is 7.11 Å². The molecule has 4 heteroatoms. The first kappa shape index (κ1) is 7.34. The standard InChI is InChI=1S/C8H10N2O2/c1-12-8(11)6-4-9-10(5-6)7-2-3-7/h4-5,7H,2-3H2,1H3. The van der Waals surface area contributed by atoms with E-state index in [1.165, 1.54) is 20.0 Å². The zero-order valence-corrected chi connectivity index (χ0v) is 6.86. The lowest BCUT2D eigenvalue weighted by Crippen LogP contribution is -1.99. The summed E-state index contributed by atoms with van der Waals surface area (Å²) in [6.07, 6.45) is 5.62. The van der Waals surface area contributed by atoms with Crippen molar-refractivity contribution in [3.63, 3.8) is 0 Å². The van der Waals surface area contributed by atoms with Gasteiger partial charge >= 0.3 is 5.97 Å². The van der Waals surface area contributed by atoms with Gasteiger partial charge in [-0.25, -0.2) is 4.79 Å². The molecule has 0 N–H and O–H groups in total. The van der Waals surface area contributed by atoms with Crippen molar-refractivity contribution in [1.82, 2.24) is 9.78 Å². The third kappa shape index (κ3) is 1.20. The first-order valence-corrected chi connectivity index (χ1v) is 3.93. The van der Waals surface area contributed by atoms with Crippen molar-refractivity contribution in [1.29, 1.82) is 0 Å². The molecule has 1 heterocycles. The van der Waals surface area contributed by atoms with Crippen LogP contribution in [0.4, 0.5) is 0 Å². The molecule has 0 aliphatic heterocycles. The van der Waals surface area contributed by atoms with Crippen LogP contribution in [-0.2, 0) is 4.74 Å². The Morgan fingerprint density at radius 1 is 1.75 bits per heavy atom. The molecular formula is C8H10N2O2. The summed E-state index contributed by atoms with van der Waals surface area (Å²) in [6, 6.07) is 0.517. The van der Waals surface area contributed by atoms with Gasteiger partial charge in [-0.05, 0) is 12.8 Å². The van der Waals surface area contributed by atoms with Crippen LogP contribution >= 0.6 is 0 Å². The number of carbonyl (C=O) groups is 1. The highest BCUT2D eigenvalue weighted by atomic mass is 16.5. The maximum Gasteiger partial charge on any atom is 0.341 e. The van der Waals surface area contributed by atoms with Crippen LogP contribution in [0.15, 0.2) is 12.4 Å². The van der Waals surface area contributed by atoms with Crippen molar-refractivity contribution < 1.29 is 9.53 Å². The smallest absolute Gasteiger partial charge is 0.341 e. The van der Waals surface area contributed by atoms with Gasteiger partial charge in [0.05, 0.1) is 24.9 Å². The average Bonchev–Trinajstić information content (AvgIpc) is 2.83. The van der Waals surface area contributed by atoms with Crippen LogP contribution in [0, 0.1) is 0 Å². The molecule has 0 saturated heterocycles. The van der Waals surface area contributed by atoms with Crippen LogP contribution in [0.2, 0.25) is 0 Å². The molecule has 12 heavy (non-hydrogen) atoms. The Kier molecular flexibility index (Phi) is 1.60. The summed E-state index contributed by atoms with van der Waals surface area (Å²) in [5.41, 5.74) is 0.532. The molecule has 0 amide bonds. The van der Waals surface area contributed by atoms with Gasteiger partial charge in [-0.3, -0.25) is 4.68 Å². The van der Waals surface area contributed by atoms with E-state index in [4.69, 9.17) is 0 Å². The second kappa shape index (κ2) is 2.62. The number of rotatable bonds is 2. The predicted molar refractivity (Wildman–Crippen MR) is 41.8 cm³/mol. The largest absolute Gasteiger partial charge is 0.465 e. The molecule has 1 aliphatic rings. The van der Waals surface area contributed by atoms with E-state index >= 15 is 0 Å². The van der Waals surface area contributed by atoms with Crippen LogP contribution in [0.1, 0.15) is 29.2 Å². The summed E-state index contributed by atoms with van der Waals surface area (Å²) >= 11 is 0. The number of aromatic nitrogens is 2. The molecule has 0 spiro atoms. The second-order valence-corrected chi connectivity index (χ2v) is 2.93. The van der Waals surface area contributed by atoms with Gasteiger partial charge in [-0.15, -0.1) is 0 Å². The van der Waals surface area contributed by atoms with Crippen molar-refractivity contribution in [2.24, 2.45) is 0 Å². The molecule has 1 saturated carbocycles. The molecule has 64 valence electrons. The number of carbonyl (C=O) groups excluding carboxylic acids is 1. The lowest BCUT2D eigenvalue weighted by atomic mass is 10.4. The van der Waals surface area contributed by atoms with Gasteiger partial charge in [0.2, 0.25) is 0 Å². The molecular weight excluding hydrogens is 156 g/mol. The molecule has 0 unspecified atom stereocenters. The van der Waals surface area contributed by atoms with E-state index < -0.39 is 0 Å². The fraction of sp³-hybridized carbons (Fsp3) is 0.500. The summed E-state index contributed by atoms with van der Waals surface area (Å²) in [4.78, 5) is 11.0. The fourth-order valence-electron chi connectivity index (χ4n) is 1.10. The van der Waals surface area contributed by atoms with E-state index in [0.29, 0.717) is 11.6 Å². The monoisotopic (exact) mass is 166 g/mol. The zero-order valence-electron chi connectivity index (χ0n) is 6.86. The lowest BCUT2D eigenvalue weighted by Gasteiger charge is -1.93. The van der Waals surface area contributed by atoms with E-state index in [1.54, 1.807) is 12.4 Å². The van der Waals surface area contributed by atoms with Crippen molar-refractivity contribution in [3.8, 4) is 0 Å². The van der Waals surface area contributed by atoms with Gasteiger partial charge in [0, 0.05) is 6.20 Å². The molecule has 0 radical (unpaired) electrons. The molecule has 1 fully saturated rings. The highest BCUT2D eigenvalue weighted by molar-refractivity contribution is 5.88. The molecule has 1 aromatic heterocycles. The van der Waals surface area contributed by atoms with Crippen molar-refractivity contribution in [3.05, 3.63) is 18.0 Å². The zero-order chi connectivity index (χ0) is 8.55. The minimum atomic E-state index is -0.318. The number of nitrogens with zero attached hydrogens (tertiary/aromatic N) is 2. The SMILES string of the molecule is COC(=O)c1cnn(C2CC2)c1. The summed E-state index contributed by atoms with van der Waals surface area (Å²) in [5, 5.41) is 4.06. The van der Waals surface area contributed by atoms with E-state index in [-0.39, 0.29) is 5.97 Å². The summed E-state index contributed by atoms with van der Waals surface area (Å²) < 4.78 is 6.38. The first-order chi connectivity index (χ1) is 5.81. The highest BCUT2D eigenvalue weighted by Gasteiger charge is 2.25. The molecule has 1 aromatic rings. The van der Waals surface area contributed by atoms with Gasteiger partial charge < -0.3 is 4.74 Å². The minimum Gasteiger partial charge on any atom is -0.465 e. The Labute approximate surface area is 70.1 Å². The molecule has 0 atom stereocenters. The number of hydrogen-bond donors (Lipinski definition) is 0. The highest BCUT2D eigenvalue weighted by Crippen LogP contribution is 2.33. The van der Waals surface area contributed by atoms with Gasteiger partial charge in [0.1, 0.15) is 0 Å². The summed E-state index contributed by atoms with van der Waals surface area (Å²) in [7, 11) is 1.37. The first-order valence-electron chi connectivity index (χ1n) is 3.93. The van der Waals surface area contributed by atoms with Gasteiger partial charge in [0.25, 0.3) is 0 Å². The molecule has 0 aromatic carbocycles. The Morgan fingerprint density at radius 3 is 3.08 bits per heavy atom. The normalized spacial score (nSPS) is 16.1. The van der Waals surface area contributed by atoms with Crippen LogP contribution in [0.3, 0.4) is 0 Å². The second-order valence-electron chi connectivity index (χ2n) is 2.93. The maximum absolute atomic E-state index is 11.0. The Balaban J connectivity index is 2.17. The molecule has 2 rings (SSSR count). The topological polar surface area (TPSA) is 44.1 Å². The summed E-state index contributed by atoms with van der Waals surface area (Å²) in [5.74, 6) is -0.318. The molecule has 0 bridgehead atoms. The van der Waals surface area contributed by atoms with Crippen molar-refractivity contribution in [2.45, 2.75) is 18.9 Å². The number of ether oxygens (including phenoxy) is 1. The van der Waals surface area contributed by atoms with Gasteiger partial charge in [-0.2, -0.15) is 5.10 Å². The lowest BCUT2D eigenvalue weighted by molar-refractivity contribution is 0.0600. The van der Waals surface area contributed by atoms with Crippen molar-refractivity contribution >= 4 is 5.97 Å². The van der Waals surface area contributed by atoms with E-state index in [9.17, 15) is 4.79 Å². The Hall–Kier alpha value is -1.32. The van der Waals surface area contributed by atoms with Gasteiger partial charge in [-0.1, -0.05) is 0 Å². The van der Waals surface area contributed by atoms with Gasteiger partial charge in [0.15, 0.2) is 0 Å². The summed E-state index contributed by atoms with van der Waals surface area (Å²) in [6.45, 7) is 0. The van der Waals surface area contributed by atoms with Crippen LogP contribution in [0.5, 0.6) is 0 Å². The number of esters is 1. The average molecular weight is 166 g/mol. The van der Waals surface area contributed by atoms with Crippen LogP contribution in [-0.4, -0.2) is 22.9 Å². The Bertz CT molecular complexity index is 302.